The van der Waals surface area contributed by atoms with Gasteiger partial charge in [-0.2, -0.15) is 0 Å². The van der Waals surface area contributed by atoms with E-state index in [9.17, 15) is 8.42 Å². The predicted octanol–water partition coefficient (Wildman–Crippen LogP) is 3.69. The van der Waals surface area contributed by atoms with Gasteiger partial charge in [0.05, 0.1) is 15.6 Å². The third-order valence-electron chi connectivity index (χ3n) is 3.59. The highest BCUT2D eigenvalue weighted by Crippen LogP contribution is 2.22. The Balaban J connectivity index is 1.63. The van der Waals surface area contributed by atoms with Gasteiger partial charge in [-0.05, 0) is 36.8 Å². The number of rotatable bonds is 6. The summed E-state index contributed by atoms with van der Waals surface area (Å²) in [6.07, 6.45) is 3.98. The normalized spacial score (nSPS) is 11.6. The smallest absolute Gasteiger partial charge is 0.240 e. The number of nitrogens with zero attached hydrogens (tertiary/aromatic N) is 2. The minimum Gasteiger partial charge on any atom is -0.264 e. The van der Waals surface area contributed by atoms with Crippen LogP contribution < -0.4 is 4.72 Å². The number of benzene rings is 1. The maximum atomic E-state index is 12.3. The number of nitrogens with one attached hydrogen (secondary N) is 1. The van der Waals surface area contributed by atoms with E-state index in [0.29, 0.717) is 11.4 Å². The Morgan fingerprint density at radius 2 is 2.12 bits per heavy atom. The van der Waals surface area contributed by atoms with E-state index < -0.39 is 10.0 Å². The molecule has 0 radical (unpaired) electrons. The van der Waals surface area contributed by atoms with Crippen molar-refractivity contribution in [3.8, 4) is 11.3 Å². The second-order valence-corrected chi connectivity index (χ2v) is 8.54. The van der Waals surface area contributed by atoms with E-state index in [1.54, 1.807) is 24.5 Å². The summed E-state index contributed by atoms with van der Waals surface area (Å²) in [4.78, 5) is 8.76. The predicted molar refractivity (Wildman–Crippen MR) is 100 cm³/mol. The summed E-state index contributed by atoms with van der Waals surface area (Å²) in [5, 5.41) is 3.24. The lowest BCUT2D eigenvalue weighted by Gasteiger charge is -2.07. The van der Waals surface area contributed by atoms with Crippen molar-refractivity contribution in [2.24, 2.45) is 0 Å². The molecule has 0 bridgehead atoms. The molecule has 0 aliphatic rings. The Hall–Kier alpha value is -1.80. The van der Waals surface area contributed by atoms with Gasteiger partial charge in [0, 0.05) is 41.3 Å². The van der Waals surface area contributed by atoms with Crippen molar-refractivity contribution >= 4 is 33.0 Å². The van der Waals surface area contributed by atoms with Crippen molar-refractivity contribution in [3.05, 3.63) is 63.7 Å². The van der Waals surface area contributed by atoms with Crippen LogP contribution in [-0.2, 0) is 16.4 Å². The van der Waals surface area contributed by atoms with Crippen molar-refractivity contribution in [2.75, 3.05) is 6.54 Å². The Morgan fingerprint density at radius 1 is 1.28 bits per heavy atom. The van der Waals surface area contributed by atoms with Crippen LogP contribution in [0.2, 0.25) is 5.02 Å². The maximum absolute atomic E-state index is 12.3. The van der Waals surface area contributed by atoms with Gasteiger partial charge >= 0.3 is 0 Å². The Labute approximate surface area is 155 Å². The van der Waals surface area contributed by atoms with Gasteiger partial charge in [0.2, 0.25) is 10.0 Å². The molecule has 1 N–H and O–H groups in total. The fourth-order valence-corrected chi connectivity index (χ4v) is 4.30. The van der Waals surface area contributed by atoms with Gasteiger partial charge in [-0.3, -0.25) is 4.98 Å². The molecule has 0 unspecified atom stereocenters. The number of hydrogen-bond acceptors (Lipinski definition) is 5. The molecule has 0 aliphatic carbocycles. The molecule has 3 aromatic rings. The highest BCUT2D eigenvalue weighted by Gasteiger charge is 2.15. The molecule has 1 aromatic carbocycles. The van der Waals surface area contributed by atoms with Crippen molar-refractivity contribution in [1.29, 1.82) is 0 Å². The van der Waals surface area contributed by atoms with Crippen LogP contribution in [-0.4, -0.2) is 24.9 Å². The summed E-state index contributed by atoms with van der Waals surface area (Å²) in [6.45, 7) is 2.10. The molecule has 0 fully saturated rings. The molecule has 130 valence electrons. The first-order valence-electron chi connectivity index (χ1n) is 7.56. The van der Waals surface area contributed by atoms with E-state index in [0.717, 1.165) is 21.8 Å². The third kappa shape index (κ3) is 4.43. The molecule has 2 aromatic heterocycles. The second-order valence-electron chi connectivity index (χ2n) is 5.43. The van der Waals surface area contributed by atoms with E-state index >= 15 is 0 Å². The molecule has 25 heavy (non-hydrogen) atoms. The summed E-state index contributed by atoms with van der Waals surface area (Å²) in [6, 6.07) is 8.50. The van der Waals surface area contributed by atoms with E-state index in [-0.39, 0.29) is 11.4 Å². The van der Waals surface area contributed by atoms with Crippen molar-refractivity contribution in [3.63, 3.8) is 0 Å². The zero-order chi connectivity index (χ0) is 17.9. The molecule has 5 nitrogen and oxygen atoms in total. The van der Waals surface area contributed by atoms with Gasteiger partial charge in [0.1, 0.15) is 0 Å². The van der Waals surface area contributed by atoms with Crippen molar-refractivity contribution in [1.82, 2.24) is 14.7 Å². The van der Waals surface area contributed by atoms with Gasteiger partial charge in [-0.1, -0.05) is 17.7 Å². The lowest BCUT2D eigenvalue weighted by molar-refractivity contribution is 0.581. The van der Waals surface area contributed by atoms with Crippen molar-refractivity contribution < 1.29 is 8.42 Å². The van der Waals surface area contributed by atoms with Gasteiger partial charge in [0.15, 0.2) is 0 Å². The molecule has 0 spiro atoms. The minimum atomic E-state index is -3.58. The van der Waals surface area contributed by atoms with Crippen LogP contribution in [0.5, 0.6) is 0 Å². The van der Waals surface area contributed by atoms with E-state index in [2.05, 4.69) is 14.7 Å². The summed E-state index contributed by atoms with van der Waals surface area (Å²) in [5.74, 6) is 0. The van der Waals surface area contributed by atoms with Crippen LogP contribution in [0.1, 0.15) is 10.6 Å². The maximum Gasteiger partial charge on any atom is 0.240 e. The topological polar surface area (TPSA) is 72.0 Å². The van der Waals surface area contributed by atoms with Crippen LogP contribution >= 0.6 is 22.9 Å². The molecule has 8 heteroatoms. The Kier molecular flexibility index (Phi) is 5.48. The molecule has 0 saturated heterocycles. The quantitative estimate of drug-likeness (QED) is 0.693. The first-order valence-corrected chi connectivity index (χ1v) is 10.3. The first kappa shape index (κ1) is 18.0. The fourth-order valence-electron chi connectivity index (χ4n) is 2.19. The van der Waals surface area contributed by atoms with Crippen LogP contribution in [0.3, 0.4) is 0 Å². The summed E-state index contributed by atoms with van der Waals surface area (Å²) >= 11 is 7.51. The third-order valence-corrected chi connectivity index (χ3v) is 6.37. The standard InChI is InChI=1S/C17H16ClN3O2S2/c1-12-4-5-14(9-15(12)18)25(22,23)20-8-6-17-21-16(11-24-17)13-3-2-7-19-10-13/h2-5,7,9-11,20H,6,8H2,1H3. The lowest BCUT2D eigenvalue weighted by Crippen LogP contribution is -2.26. The number of halogens is 1. The SMILES string of the molecule is Cc1ccc(S(=O)(=O)NCCc2nc(-c3cccnc3)cs2)cc1Cl. The van der Waals surface area contributed by atoms with Gasteiger partial charge in [-0.25, -0.2) is 18.1 Å². The number of hydrogen-bond donors (Lipinski definition) is 1. The van der Waals surface area contributed by atoms with Crippen molar-refractivity contribution in [2.45, 2.75) is 18.2 Å². The van der Waals surface area contributed by atoms with Gasteiger partial charge in [-0.15, -0.1) is 11.3 Å². The summed E-state index contributed by atoms with van der Waals surface area (Å²) < 4.78 is 27.2. The second kappa shape index (κ2) is 7.61. The number of aryl methyl sites for hydroxylation is 1. The van der Waals surface area contributed by atoms with E-state index in [1.165, 1.54) is 17.4 Å². The van der Waals surface area contributed by atoms with Gasteiger partial charge in [0.25, 0.3) is 0 Å². The molecule has 0 amide bonds. The molecule has 0 saturated carbocycles. The Morgan fingerprint density at radius 3 is 2.84 bits per heavy atom. The van der Waals surface area contributed by atoms with E-state index in [1.807, 2.05) is 24.4 Å². The summed E-state index contributed by atoms with van der Waals surface area (Å²) in [5.41, 5.74) is 2.63. The zero-order valence-electron chi connectivity index (χ0n) is 13.4. The number of aromatic nitrogens is 2. The molecule has 0 atom stereocenters. The van der Waals surface area contributed by atoms with Gasteiger partial charge < -0.3 is 0 Å². The van der Waals surface area contributed by atoms with Crippen LogP contribution in [0.4, 0.5) is 0 Å². The fraction of sp³-hybridized carbons (Fsp3) is 0.176. The lowest BCUT2D eigenvalue weighted by atomic mass is 10.2. The molecular formula is C17H16ClN3O2S2. The highest BCUT2D eigenvalue weighted by molar-refractivity contribution is 7.89. The average molecular weight is 394 g/mol. The molecule has 0 aliphatic heterocycles. The number of pyridine rings is 1. The largest absolute Gasteiger partial charge is 0.264 e. The first-order chi connectivity index (χ1) is 12.0. The Bertz CT molecular complexity index is 973. The monoisotopic (exact) mass is 393 g/mol. The minimum absolute atomic E-state index is 0.165. The highest BCUT2D eigenvalue weighted by atomic mass is 35.5. The molecular weight excluding hydrogens is 378 g/mol. The molecule has 3 rings (SSSR count). The summed E-state index contributed by atoms with van der Waals surface area (Å²) in [7, 11) is -3.58. The molecule has 2 heterocycles. The number of thiazole rings is 1. The van der Waals surface area contributed by atoms with Crippen LogP contribution in [0, 0.1) is 6.92 Å². The number of sulfonamides is 1. The van der Waals surface area contributed by atoms with Crippen LogP contribution in [0.25, 0.3) is 11.3 Å². The van der Waals surface area contributed by atoms with Crippen LogP contribution in [0.15, 0.2) is 53.0 Å². The average Bonchev–Trinajstić information content (AvgIpc) is 3.07. The zero-order valence-corrected chi connectivity index (χ0v) is 15.8. The van der Waals surface area contributed by atoms with E-state index in [4.69, 9.17) is 11.6 Å².